The number of anilines is 2. The number of benzene rings is 1. The van der Waals surface area contributed by atoms with Crippen molar-refractivity contribution in [3.8, 4) is 10.4 Å². The Morgan fingerprint density at radius 1 is 1.21 bits per heavy atom. The maximum atomic E-state index is 12.1. The third-order valence-corrected chi connectivity index (χ3v) is 7.32. The molecule has 0 radical (unpaired) electrons. The summed E-state index contributed by atoms with van der Waals surface area (Å²) in [5.41, 5.74) is 2.80. The van der Waals surface area contributed by atoms with E-state index in [9.17, 15) is 9.59 Å². The molecule has 2 fully saturated rings. The van der Waals surface area contributed by atoms with Crippen molar-refractivity contribution >= 4 is 34.9 Å². The lowest BCUT2D eigenvalue weighted by atomic mass is 9.86. The van der Waals surface area contributed by atoms with E-state index in [1.807, 2.05) is 38.2 Å². The Morgan fingerprint density at radius 2 is 1.94 bits per heavy atom. The van der Waals surface area contributed by atoms with Gasteiger partial charge in [-0.1, -0.05) is 0 Å². The number of carbonyl (C=O) groups excluding carboxylic acids is 1. The highest BCUT2D eigenvalue weighted by Gasteiger charge is 2.26. The summed E-state index contributed by atoms with van der Waals surface area (Å²) in [6.07, 6.45) is 3.83. The van der Waals surface area contributed by atoms with Crippen molar-refractivity contribution in [3.63, 3.8) is 0 Å². The van der Waals surface area contributed by atoms with Gasteiger partial charge in [0, 0.05) is 48.2 Å². The molecular formula is C24H32N4O5S. The van der Waals surface area contributed by atoms with Crippen molar-refractivity contribution in [2.45, 2.75) is 57.6 Å². The molecule has 0 bridgehead atoms. The van der Waals surface area contributed by atoms with Gasteiger partial charge in [-0.25, -0.2) is 14.6 Å². The minimum Gasteiger partial charge on any atom is -0.465 e. The summed E-state index contributed by atoms with van der Waals surface area (Å²) < 4.78 is 10.8. The van der Waals surface area contributed by atoms with E-state index in [1.165, 1.54) is 0 Å². The molecule has 1 saturated carbocycles. The zero-order chi connectivity index (χ0) is 24.1. The average Bonchev–Trinajstić information content (AvgIpc) is 3.29. The van der Waals surface area contributed by atoms with Crippen molar-refractivity contribution in [1.82, 2.24) is 10.3 Å². The number of carboxylic acid groups (broad SMARTS) is 1. The molecule has 2 amide bonds. The molecule has 34 heavy (non-hydrogen) atoms. The van der Waals surface area contributed by atoms with E-state index < -0.39 is 12.2 Å². The Bertz CT molecular complexity index is 997. The van der Waals surface area contributed by atoms with Crippen LogP contribution in [0.5, 0.6) is 0 Å². The summed E-state index contributed by atoms with van der Waals surface area (Å²) in [6.45, 7) is 6.51. The first kappa shape index (κ1) is 24.3. The molecule has 2 heterocycles. The van der Waals surface area contributed by atoms with E-state index in [0.717, 1.165) is 59.9 Å². The molecule has 1 aromatic carbocycles. The Hall–Kier alpha value is -2.85. The van der Waals surface area contributed by atoms with Gasteiger partial charge in [0.25, 0.3) is 0 Å². The number of aromatic nitrogens is 1. The SMILES string of the molecule is CC(C)OC(=O)Nc1ccc(-c2cnc([C@H]3CC[C@H](NC(=O)O)CC3)s2)c(N2CCOCC2)c1. The molecule has 9 nitrogen and oxygen atoms in total. The van der Waals surface area contributed by atoms with Gasteiger partial charge in [-0.05, 0) is 57.7 Å². The third-order valence-electron chi connectivity index (χ3n) is 6.13. The van der Waals surface area contributed by atoms with Crippen LogP contribution in [-0.4, -0.2) is 60.7 Å². The third kappa shape index (κ3) is 6.18. The number of thiazole rings is 1. The number of morpholine rings is 1. The van der Waals surface area contributed by atoms with Gasteiger partial charge in [0.05, 0.1) is 29.2 Å². The van der Waals surface area contributed by atoms with Gasteiger partial charge < -0.3 is 24.8 Å². The van der Waals surface area contributed by atoms with Crippen LogP contribution in [0.1, 0.15) is 50.5 Å². The molecule has 184 valence electrons. The fourth-order valence-corrected chi connectivity index (χ4v) is 5.63. The van der Waals surface area contributed by atoms with Gasteiger partial charge in [0.2, 0.25) is 0 Å². The zero-order valence-corrected chi connectivity index (χ0v) is 20.4. The minimum absolute atomic E-state index is 0.0311. The summed E-state index contributed by atoms with van der Waals surface area (Å²) in [6, 6.07) is 5.94. The van der Waals surface area contributed by atoms with Crippen LogP contribution in [0.3, 0.4) is 0 Å². The molecule has 1 saturated heterocycles. The molecule has 2 aliphatic rings. The lowest BCUT2D eigenvalue weighted by molar-refractivity contribution is 0.122. The van der Waals surface area contributed by atoms with E-state index in [1.54, 1.807) is 11.3 Å². The molecule has 2 aromatic rings. The highest BCUT2D eigenvalue weighted by molar-refractivity contribution is 7.15. The standard InChI is InChI=1S/C24H32N4O5S/c1-15(2)33-24(31)27-18-7-8-19(20(13-18)28-9-11-32-12-10-28)21-14-25-22(34-21)16-3-5-17(6-4-16)26-23(29)30/h7-8,13-17,26H,3-6,9-12H2,1-2H3,(H,27,31)(H,29,30)/t16-,17-. The van der Waals surface area contributed by atoms with Gasteiger partial charge in [0.1, 0.15) is 0 Å². The van der Waals surface area contributed by atoms with E-state index in [-0.39, 0.29) is 12.1 Å². The van der Waals surface area contributed by atoms with E-state index in [4.69, 9.17) is 19.6 Å². The summed E-state index contributed by atoms with van der Waals surface area (Å²) in [5, 5.41) is 15.5. The van der Waals surface area contributed by atoms with Crippen LogP contribution in [-0.2, 0) is 9.47 Å². The molecule has 0 spiro atoms. The van der Waals surface area contributed by atoms with Crippen molar-refractivity contribution in [3.05, 3.63) is 29.4 Å². The topological polar surface area (TPSA) is 113 Å². The number of nitrogens with one attached hydrogen (secondary N) is 2. The van der Waals surface area contributed by atoms with E-state index in [2.05, 4.69) is 15.5 Å². The van der Waals surface area contributed by atoms with Crippen LogP contribution < -0.4 is 15.5 Å². The first-order chi connectivity index (χ1) is 16.4. The molecule has 1 aliphatic heterocycles. The molecule has 1 aromatic heterocycles. The lowest BCUT2D eigenvalue weighted by Crippen LogP contribution is -2.36. The van der Waals surface area contributed by atoms with Gasteiger partial charge >= 0.3 is 12.2 Å². The second-order valence-electron chi connectivity index (χ2n) is 8.97. The Morgan fingerprint density at radius 3 is 2.62 bits per heavy atom. The lowest BCUT2D eigenvalue weighted by Gasteiger charge is -2.31. The van der Waals surface area contributed by atoms with Crippen molar-refractivity contribution in [2.75, 3.05) is 36.5 Å². The number of hydrogen-bond donors (Lipinski definition) is 3. The molecule has 10 heteroatoms. The Labute approximate surface area is 203 Å². The number of amides is 2. The molecule has 1 aliphatic carbocycles. The Balaban J connectivity index is 1.53. The number of rotatable bonds is 6. The minimum atomic E-state index is -0.953. The number of carbonyl (C=O) groups is 2. The van der Waals surface area contributed by atoms with Gasteiger partial charge in [0.15, 0.2) is 0 Å². The van der Waals surface area contributed by atoms with Gasteiger partial charge in [-0.3, -0.25) is 5.32 Å². The molecule has 4 rings (SSSR count). The zero-order valence-electron chi connectivity index (χ0n) is 19.6. The van der Waals surface area contributed by atoms with Gasteiger partial charge in [-0.15, -0.1) is 11.3 Å². The van der Waals surface area contributed by atoms with Crippen molar-refractivity contribution < 1.29 is 24.2 Å². The summed E-state index contributed by atoms with van der Waals surface area (Å²) in [7, 11) is 0. The number of hydrogen-bond acceptors (Lipinski definition) is 7. The van der Waals surface area contributed by atoms with Crippen LogP contribution in [0, 0.1) is 0 Å². The van der Waals surface area contributed by atoms with Crippen molar-refractivity contribution in [1.29, 1.82) is 0 Å². The molecule has 3 N–H and O–H groups in total. The first-order valence-corrected chi connectivity index (χ1v) is 12.6. The predicted molar refractivity (Wildman–Crippen MR) is 132 cm³/mol. The highest BCUT2D eigenvalue weighted by Crippen LogP contribution is 2.41. The smallest absolute Gasteiger partial charge is 0.411 e. The number of ether oxygens (including phenoxy) is 2. The normalized spacial score (nSPS) is 20.7. The second-order valence-corrected chi connectivity index (χ2v) is 10.0. The second kappa shape index (κ2) is 11.1. The van der Waals surface area contributed by atoms with Crippen LogP contribution in [0.25, 0.3) is 10.4 Å². The highest BCUT2D eigenvalue weighted by atomic mass is 32.1. The Kier molecular flexibility index (Phi) is 7.89. The molecule has 0 unspecified atom stereocenters. The summed E-state index contributed by atoms with van der Waals surface area (Å²) in [4.78, 5) is 31.1. The monoisotopic (exact) mass is 488 g/mol. The maximum absolute atomic E-state index is 12.1. The summed E-state index contributed by atoms with van der Waals surface area (Å²) in [5.74, 6) is 0.351. The van der Waals surface area contributed by atoms with Crippen LogP contribution in [0.15, 0.2) is 24.4 Å². The van der Waals surface area contributed by atoms with Crippen LogP contribution >= 0.6 is 11.3 Å². The largest absolute Gasteiger partial charge is 0.465 e. The van der Waals surface area contributed by atoms with Gasteiger partial charge in [-0.2, -0.15) is 0 Å². The van der Waals surface area contributed by atoms with E-state index >= 15 is 0 Å². The van der Waals surface area contributed by atoms with Crippen LogP contribution in [0.4, 0.5) is 21.0 Å². The fraction of sp³-hybridized carbons (Fsp3) is 0.542. The first-order valence-electron chi connectivity index (χ1n) is 11.8. The molecule has 0 atom stereocenters. The van der Waals surface area contributed by atoms with E-state index in [0.29, 0.717) is 24.8 Å². The number of nitrogens with zero attached hydrogens (tertiary/aromatic N) is 2. The summed E-state index contributed by atoms with van der Waals surface area (Å²) >= 11 is 1.70. The van der Waals surface area contributed by atoms with Crippen molar-refractivity contribution in [2.24, 2.45) is 0 Å². The molecular weight excluding hydrogens is 456 g/mol. The quantitative estimate of drug-likeness (QED) is 0.530. The maximum Gasteiger partial charge on any atom is 0.411 e. The average molecular weight is 489 g/mol. The van der Waals surface area contributed by atoms with Crippen LogP contribution in [0.2, 0.25) is 0 Å². The fourth-order valence-electron chi connectivity index (χ4n) is 4.51. The predicted octanol–water partition coefficient (Wildman–Crippen LogP) is 4.90.